The van der Waals surface area contributed by atoms with Gasteiger partial charge >= 0.3 is 0 Å². The molecule has 0 bridgehead atoms. The van der Waals surface area contributed by atoms with Gasteiger partial charge in [0.25, 0.3) is 0 Å². The fraction of sp³-hybridized carbons (Fsp3) is 0.364. The van der Waals surface area contributed by atoms with Gasteiger partial charge in [-0.1, -0.05) is 49.8 Å². The van der Waals surface area contributed by atoms with Gasteiger partial charge in [-0.25, -0.2) is 0 Å². The van der Waals surface area contributed by atoms with Crippen LogP contribution in [-0.2, 0) is 9.59 Å². The van der Waals surface area contributed by atoms with E-state index in [-0.39, 0.29) is 11.8 Å². The molecule has 5 heteroatoms. The lowest BCUT2D eigenvalue weighted by Crippen LogP contribution is -2.11. The maximum absolute atomic E-state index is 12.0. The lowest BCUT2D eigenvalue weighted by Gasteiger charge is -2.10. The standard InChI is InChI=1S/C22H30N2O3/c1-3-5-11-18(4-2)17-27-20-13-10-12-19(16-20)24-22(26)15-9-7-6-8-14-21(23)25/h3-5,10-13,16H,2,6-9,14-15,17H2,1H3,(H2,23,25)(H,24,26)/b5-3-,18-11+. The van der Waals surface area contributed by atoms with Crippen LogP contribution in [0.1, 0.15) is 45.4 Å². The summed E-state index contributed by atoms with van der Waals surface area (Å²) in [5.74, 6) is 0.390. The third-order valence-electron chi connectivity index (χ3n) is 3.87. The number of amides is 2. The summed E-state index contributed by atoms with van der Waals surface area (Å²) >= 11 is 0. The molecule has 0 aliphatic heterocycles. The van der Waals surface area contributed by atoms with Gasteiger partial charge in [0.1, 0.15) is 12.4 Å². The van der Waals surface area contributed by atoms with Crippen LogP contribution >= 0.6 is 0 Å². The van der Waals surface area contributed by atoms with E-state index in [0.29, 0.717) is 30.9 Å². The van der Waals surface area contributed by atoms with Gasteiger partial charge in [0.15, 0.2) is 0 Å². The number of benzene rings is 1. The Labute approximate surface area is 162 Å². The molecule has 3 N–H and O–H groups in total. The Kier molecular flexibility index (Phi) is 11.0. The van der Waals surface area contributed by atoms with E-state index in [0.717, 1.165) is 31.3 Å². The van der Waals surface area contributed by atoms with Gasteiger partial charge in [-0.3, -0.25) is 9.59 Å². The van der Waals surface area contributed by atoms with Crippen molar-refractivity contribution >= 4 is 17.5 Å². The van der Waals surface area contributed by atoms with E-state index in [9.17, 15) is 9.59 Å². The van der Waals surface area contributed by atoms with Crippen LogP contribution in [0.15, 0.2) is 60.7 Å². The topological polar surface area (TPSA) is 81.4 Å². The van der Waals surface area contributed by atoms with Gasteiger partial charge in [-0.15, -0.1) is 0 Å². The molecule has 1 aromatic carbocycles. The second-order valence-electron chi connectivity index (χ2n) is 6.22. The van der Waals surface area contributed by atoms with Crippen LogP contribution in [0.5, 0.6) is 5.75 Å². The summed E-state index contributed by atoms with van der Waals surface area (Å²) in [6.45, 7) is 6.14. The Morgan fingerprint density at radius 1 is 1.19 bits per heavy atom. The van der Waals surface area contributed by atoms with Crippen LogP contribution in [0.3, 0.4) is 0 Å². The van der Waals surface area contributed by atoms with E-state index in [4.69, 9.17) is 10.5 Å². The molecule has 0 aliphatic carbocycles. The molecular formula is C22H30N2O3. The van der Waals surface area contributed by atoms with Crippen LogP contribution in [0.4, 0.5) is 5.69 Å². The van der Waals surface area contributed by atoms with Gasteiger partial charge in [-0.05, 0) is 37.5 Å². The normalized spacial score (nSPS) is 11.4. The minimum atomic E-state index is -0.271. The molecule has 0 unspecified atom stereocenters. The van der Waals surface area contributed by atoms with Crippen molar-refractivity contribution in [1.82, 2.24) is 0 Å². The molecule has 0 saturated carbocycles. The van der Waals surface area contributed by atoms with Crippen LogP contribution in [0.25, 0.3) is 0 Å². The number of unbranched alkanes of at least 4 members (excludes halogenated alkanes) is 3. The number of anilines is 1. The second-order valence-corrected chi connectivity index (χ2v) is 6.22. The molecule has 0 heterocycles. The molecule has 1 rings (SSSR count). The molecule has 146 valence electrons. The lowest BCUT2D eigenvalue weighted by atomic mass is 10.1. The van der Waals surface area contributed by atoms with E-state index >= 15 is 0 Å². The molecule has 0 radical (unpaired) electrons. The quantitative estimate of drug-likeness (QED) is 0.396. The summed E-state index contributed by atoms with van der Waals surface area (Å²) in [7, 11) is 0. The van der Waals surface area contributed by atoms with E-state index in [2.05, 4.69) is 11.9 Å². The highest BCUT2D eigenvalue weighted by Crippen LogP contribution is 2.19. The number of ether oxygens (including phenoxy) is 1. The minimum Gasteiger partial charge on any atom is -0.489 e. The molecule has 2 amide bonds. The third kappa shape index (κ3) is 10.7. The number of carbonyl (C=O) groups excluding carboxylic acids is 2. The van der Waals surface area contributed by atoms with Crippen LogP contribution in [0, 0.1) is 0 Å². The third-order valence-corrected chi connectivity index (χ3v) is 3.87. The fourth-order valence-electron chi connectivity index (χ4n) is 2.39. The van der Waals surface area contributed by atoms with Gasteiger partial charge in [-0.2, -0.15) is 0 Å². The summed E-state index contributed by atoms with van der Waals surface area (Å²) < 4.78 is 5.76. The Balaban J connectivity index is 2.39. The van der Waals surface area contributed by atoms with Crippen LogP contribution < -0.4 is 15.8 Å². The zero-order valence-electron chi connectivity index (χ0n) is 16.1. The summed E-state index contributed by atoms with van der Waals surface area (Å²) in [6, 6.07) is 7.34. The summed E-state index contributed by atoms with van der Waals surface area (Å²) in [5.41, 5.74) is 6.78. The van der Waals surface area contributed by atoms with Crippen molar-refractivity contribution in [2.45, 2.75) is 45.4 Å². The Hall–Kier alpha value is -2.82. The van der Waals surface area contributed by atoms with Gasteiger partial charge in [0, 0.05) is 24.6 Å². The molecular weight excluding hydrogens is 340 g/mol. The van der Waals surface area contributed by atoms with Gasteiger partial charge in [0.05, 0.1) is 0 Å². The van der Waals surface area contributed by atoms with Crippen molar-refractivity contribution < 1.29 is 14.3 Å². The Morgan fingerprint density at radius 3 is 2.59 bits per heavy atom. The van der Waals surface area contributed by atoms with Crippen LogP contribution in [0.2, 0.25) is 0 Å². The van der Waals surface area contributed by atoms with Crippen molar-refractivity contribution in [3.63, 3.8) is 0 Å². The molecule has 0 saturated heterocycles. The summed E-state index contributed by atoms with van der Waals surface area (Å²) in [4.78, 5) is 22.7. The first kappa shape index (κ1) is 22.2. The number of primary amides is 1. The maximum atomic E-state index is 12.0. The first-order valence-electron chi connectivity index (χ1n) is 9.30. The maximum Gasteiger partial charge on any atom is 0.224 e. The largest absolute Gasteiger partial charge is 0.489 e. The van der Waals surface area contributed by atoms with E-state index in [1.54, 1.807) is 12.1 Å². The van der Waals surface area contributed by atoms with E-state index in [1.807, 2.05) is 43.4 Å². The van der Waals surface area contributed by atoms with Gasteiger partial charge < -0.3 is 15.8 Å². The minimum absolute atomic E-state index is 0.0261. The van der Waals surface area contributed by atoms with Crippen molar-refractivity contribution in [3.8, 4) is 5.75 Å². The van der Waals surface area contributed by atoms with Crippen molar-refractivity contribution in [2.24, 2.45) is 5.73 Å². The molecule has 0 aliphatic rings. The first-order valence-corrected chi connectivity index (χ1v) is 9.30. The number of carbonyl (C=O) groups is 2. The van der Waals surface area contributed by atoms with Gasteiger partial charge in [0.2, 0.25) is 11.8 Å². The fourth-order valence-corrected chi connectivity index (χ4v) is 2.39. The SMILES string of the molecule is C=C/C(=C\C=C/C)COc1cccc(NC(=O)CCCCCCC(N)=O)c1. The highest BCUT2D eigenvalue weighted by atomic mass is 16.5. The number of hydrogen-bond donors (Lipinski definition) is 2. The summed E-state index contributed by atoms with van der Waals surface area (Å²) in [5, 5.41) is 2.89. The monoisotopic (exact) mass is 370 g/mol. The van der Waals surface area contributed by atoms with E-state index in [1.165, 1.54) is 0 Å². The number of allylic oxidation sites excluding steroid dienone is 3. The highest BCUT2D eigenvalue weighted by Gasteiger charge is 2.04. The molecule has 0 fully saturated rings. The van der Waals surface area contributed by atoms with E-state index < -0.39 is 0 Å². The van der Waals surface area contributed by atoms with Crippen molar-refractivity contribution in [2.75, 3.05) is 11.9 Å². The molecule has 0 spiro atoms. The average Bonchev–Trinajstić information content (AvgIpc) is 2.65. The van der Waals surface area contributed by atoms with Crippen LogP contribution in [-0.4, -0.2) is 18.4 Å². The molecule has 0 aromatic heterocycles. The number of hydrogen-bond acceptors (Lipinski definition) is 3. The molecule has 0 atom stereocenters. The predicted molar refractivity (Wildman–Crippen MR) is 111 cm³/mol. The van der Waals surface area contributed by atoms with Crippen molar-refractivity contribution in [1.29, 1.82) is 0 Å². The zero-order valence-corrected chi connectivity index (χ0v) is 16.1. The number of nitrogens with two attached hydrogens (primary N) is 1. The molecule has 5 nitrogen and oxygen atoms in total. The first-order chi connectivity index (χ1) is 13.0. The predicted octanol–water partition coefficient (Wildman–Crippen LogP) is 4.52. The van der Waals surface area contributed by atoms with Crippen molar-refractivity contribution in [3.05, 3.63) is 60.7 Å². The zero-order chi connectivity index (χ0) is 19.9. The Bertz CT molecular complexity index is 678. The number of nitrogens with one attached hydrogen (secondary N) is 1. The molecule has 27 heavy (non-hydrogen) atoms. The lowest BCUT2D eigenvalue weighted by molar-refractivity contribution is -0.118. The smallest absolute Gasteiger partial charge is 0.224 e. The second kappa shape index (κ2) is 13.4. The average molecular weight is 370 g/mol. The molecule has 1 aromatic rings. The Morgan fingerprint density at radius 2 is 1.93 bits per heavy atom. The number of rotatable bonds is 13. The highest BCUT2D eigenvalue weighted by molar-refractivity contribution is 5.90. The summed E-state index contributed by atoms with van der Waals surface area (Å²) in [6.07, 6.45) is 11.8.